The molecule has 0 bridgehead atoms. The molecule has 0 amide bonds. The zero-order valence-electron chi connectivity index (χ0n) is 9.27. The number of aliphatic hydroxyl groups excluding tert-OH is 1. The maximum Gasteiger partial charge on any atom is 0.194 e. The molecule has 5 heteroatoms. The van der Waals surface area contributed by atoms with E-state index in [2.05, 4.69) is 5.32 Å². The van der Waals surface area contributed by atoms with Gasteiger partial charge >= 0.3 is 0 Å². The summed E-state index contributed by atoms with van der Waals surface area (Å²) in [4.78, 5) is 0. The highest BCUT2D eigenvalue weighted by Gasteiger charge is 2.35. The SMILES string of the molecule is OCC1(NCc2cc(F)c(F)c(F)c2)CCC1. The van der Waals surface area contributed by atoms with Gasteiger partial charge in [-0.1, -0.05) is 0 Å². The minimum Gasteiger partial charge on any atom is -0.394 e. The van der Waals surface area contributed by atoms with E-state index in [4.69, 9.17) is 0 Å². The van der Waals surface area contributed by atoms with E-state index >= 15 is 0 Å². The first-order valence-corrected chi connectivity index (χ1v) is 5.56. The van der Waals surface area contributed by atoms with Gasteiger partial charge in [-0.25, -0.2) is 13.2 Å². The molecule has 17 heavy (non-hydrogen) atoms. The van der Waals surface area contributed by atoms with Crippen molar-refractivity contribution in [2.75, 3.05) is 6.61 Å². The molecular weight excluding hydrogens is 231 g/mol. The van der Waals surface area contributed by atoms with Crippen molar-refractivity contribution in [3.63, 3.8) is 0 Å². The van der Waals surface area contributed by atoms with Crippen LogP contribution in [-0.2, 0) is 6.54 Å². The van der Waals surface area contributed by atoms with Crippen molar-refractivity contribution in [3.05, 3.63) is 35.1 Å². The molecule has 0 radical (unpaired) electrons. The molecule has 1 aromatic rings. The van der Waals surface area contributed by atoms with Crippen LogP contribution in [0.15, 0.2) is 12.1 Å². The Balaban J connectivity index is 2.04. The second-order valence-corrected chi connectivity index (χ2v) is 4.52. The Bertz CT molecular complexity index is 390. The van der Waals surface area contributed by atoms with Gasteiger partial charge in [0.2, 0.25) is 0 Å². The highest BCUT2D eigenvalue weighted by Crippen LogP contribution is 2.31. The summed E-state index contributed by atoms with van der Waals surface area (Å²) in [5.74, 6) is -3.82. The summed E-state index contributed by atoms with van der Waals surface area (Å²) in [5, 5.41) is 12.3. The molecule has 0 atom stereocenters. The smallest absolute Gasteiger partial charge is 0.194 e. The van der Waals surface area contributed by atoms with Crippen LogP contribution in [0.25, 0.3) is 0 Å². The van der Waals surface area contributed by atoms with Gasteiger partial charge in [-0.3, -0.25) is 0 Å². The van der Waals surface area contributed by atoms with Crippen LogP contribution in [0.5, 0.6) is 0 Å². The summed E-state index contributed by atoms with van der Waals surface area (Å²) in [6, 6.07) is 1.93. The average molecular weight is 245 g/mol. The van der Waals surface area contributed by atoms with Crippen LogP contribution in [0.3, 0.4) is 0 Å². The predicted octanol–water partition coefficient (Wildman–Crippen LogP) is 2.11. The molecule has 0 unspecified atom stereocenters. The van der Waals surface area contributed by atoms with Gasteiger partial charge in [0.05, 0.1) is 6.61 Å². The van der Waals surface area contributed by atoms with Crippen LogP contribution >= 0.6 is 0 Å². The van der Waals surface area contributed by atoms with Gasteiger partial charge in [0.15, 0.2) is 17.5 Å². The Morgan fingerprint density at radius 3 is 2.18 bits per heavy atom. The third kappa shape index (κ3) is 2.45. The van der Waals surface area contributed by atoms with E-state index in [-0.39, 0.29) is 18.7 Å². The lowest BCUT2D eigenvalue weighted by molar-refractivity contribution is 0.0871. The first-order valence-electron chi connectivity index (χ1n) is 5.56. The summed E-state index contributed by atoms with van der Waals surface area (Å²) < 4.78 is 38.6. The van der Waals surface area contributed by atoms with Crippen LogP contribution in [0.1, 0.15) is 24.8 Å². The van der Waals surface area contributed by atoms with E-state index in [9.17, 15) is 18.3 Å². The molecule has 0 saturated heterocycles. The van der Waals surface area contributed by atoms with E-state index in [0.717, 1.165) is 31.4 Å². The zero-order chi connectivity index (χ0) is 12.5. The standard InChI is InChI=1S/C12H14F3NO/c13-9-4-8(5-10(14)11(9)15)6-16-12(7-17)2-1-3-12/h4-5,16-17H,1-3,6-7H2. The third-order valence-corrected chi connectivity index (χ3v) is 3.32. The maximum absolute atomic E-state index is 12.9. The van der Waals surface area contributed by atoms with Gasteiger partial charge < -0.3 is 10.4 Å². The number of halogens is 3. The van der Waals surface area contributed by atoms with Crippen molar-refractivity contribution in [3.8, 4) is 0 Å². The number of hydrogen-bond donors (Lipinski definition) is 2. The number of rotatable bonds is 4. The summed E-state index contributed by atoms with van der Waals surface area (Å²) in [6.07, 6.45) is 2.71. The van der Waals surface area contributed by atoms with Crippen molar-refractivity contribution in [2.24, 2.45) is 0 Å². The van der Waals surface area contributed by atoms with Crippen molar-refractivity contribution in [1.29, 1.82) is 0 Å². The minimum atomic E-state index is -1.45. The normalized spacial score (nSPS) is 17.9. The molecule has 1 aliphatic rings. The Hall–Kier alpha value is -1.07. The van der Waals surface area contributed by atoms with E-state index in [1.54, 1.807) is 0 Å². The molecule has 1 fully saturated rings. The molecule has 1 aromatic carbocycles. The van der Waals surface area contributed by atoms with Gasteiger partial charge in [0.1, 0.15) is 0 Å². The van der Waals surface area contributed by atoms with E-state index in [0.29, 0.717) is 5.56 Å². The molecule has 0 aromatic heterocycles. The highest BCUT2D eigenvalue weighted by molar-refractivity contribution is 5.19. The summed E-state index contributed by atoms with van der Waals surface area (Å²) in [6.45, 7) is 0.216. The fraction of sp³-hybridized carbons (Fsp3) is 0.500. The van der Waals surface area contributed by atoms with Crippen molar-refractivity contribution in [1.82, 2.24) is 5.32 Å². The lowest BCUT2D eigenvalue weighted by Gasteiger charge is -2.41. The Morgan fingerprint density at radius 2 is 1.76 bits per heavy atom. The maximum atomic E-state index is 12.9. The van der Waals surface area contributed by atoms with E-state index < -0.39 is 17.5 Å². The fourth-order valence-electron chi connectivity index (χ4n) is 1.99. The first-order chi connectivity index (χ1) is 8.06. The first kappa shape index (κ1) is 12.4. The van der Waals surface area contributed by atoms with Crippen LogP contribution in [0.2, 0.25) is 0 Å². The topological polar surface area (TPSA) is 32.3 Å². The minimum absolute atomic E-state index is 0.000834. The van der Waals surface area contributed by atoms with Gasteiger partial charge in [0.25, 0.3) is 0 Å². The molecule has 1 aliphatic carbocycles. The molecule has 2 N–H and O–H groups in total. The Morgan fingerprint density at radius 1 is 1.18 bits per heavy atom. The van der Waals surface area contributed by atoms with Crippen molar-refractivity contribution >= 4 is 0 Å². The quantitative estimate of drug-likeness (QED) is 0.796. The molecule has 0 spiro atoms. The number of hydrogen-bond acceptors (Lipinski definition) is 2. The molecule has 0 aliphatic heterocycles. The molecule has 94 valence electrons. The second-order valence-electron chi connectivity index (χ2n) is 4.52. The predicted molar refractivity (Wildman–Crippen MR) is 56.8 cm³/mol. The van der Waals surface area contributed by atoms with Gasteiger partial charge in [-0.15, -0.1) is 0 Å². The van der Waals surface area contributed by atoms with Crippen molar-refractivity contribution < 1.29 is 18.3 Å². The summed E-state index contributed by atoms with van der Waals surface area (Å²) >= 11 is 0. The van der Waals surface area contributed by atoms with Gasteiger partial charge in [-0.2, -0.15) is 0 Å². The average Bonchev–Trinajstić information content (AvgIpc) is 2.25. The van der Waals surface area contributed by atoms with Crippen LogP contribution < -0.4 is 5.32 Å². The highest BCUT2D eigenvalue weighted by atomic mass is 19.2. The van der Waals surface area contributed by atoms with Crippen molar-refractivity contribution in [2.45, 2.75) is 31.3 Å². The lowest BCUT2D eigenvalue weighted by atomic mass is 9.77. The molecule has 2 nitrogen and oxygen atoms in total. The molecule has 0 heterocycles. The summed E-state index contributed by atoms with van der Waals surface area (Å²) in [7, 11) is 0. The number of nitrogens with one attached hydrogen (secondary N) is 1. The Kier molecular flexibility index (Phi) is 3.40. The van der Waals surface area contributed by atoms with Crippen LogP contribution in [-0.4, -0.2) is 17.3 Å². The Labute approximate surface area is 97.5 Å². The number of aliphatic hydroxyl groups is 1. The van der Waals surface area contributed by atoms with Gasteiger partial charge in [-0.05, 0) is 37.0 Å². The molecule has 1 saturated carbocycles. The van der Waals surface area contributed by atoms with Crippen LogP contribution in [0, 0.1) is 17.5 Å². The molecule has 2 rings (SSSR count). The third-order valence-electron chi connectivity index (χ3n) is 3.32. The van der Waals surface area contributed by atoms with Crippen LogP contribution in [0.4, 0.5) is 13.2 Å². The largest absolute Gasteiger partial charge is 0.394 e. The van der Waals surface area contributed by atoms with Gasteiger partial charge in [0, 0.05) is 12.1 Å². The molecular formula is C12H14F3NO. The fourth-order valence-corrected chi connectivity index (χ4v) is 1.99. The zero-order valence-corrected chi connectivity index (χ0v) is 9.27. The monoisotopic (exact) mass is 245 g/mol. The lowest BCUT2D eigenvalue weighted by Crippen LogP contribution is -2.53. The van der Waals surface area contributed by atoms with E-state index in [1.165, 1.54) is 0 Å². The number of benzene rings is 1. The second kappa shape index (κ2) is 4.66. The summed E-state index contributed by atoms with van der Waals surface area (Å²) in [5.41, 5.74) is 0.00237. The van der Waals surface area contributed by atoms with E-state index in [1.807, 2.05) is 0 Å².